The highest BCUT2D eigenvalue weighted by Crippen LogP contribution is 2.46. The summed E-state index contributed by atoms with van der Waals surface area (Å²) in [5.74, 6) is -3.41. The fourth-order valence-corrected chi connectivity index (χ4v) is 10.2. The Bertz CT molecular complexity index is 2660. The first kappa shape index (κ1) is 40.4. The minimum Gasteiger partial charge on any atom is -0.480 e. The lowest BCUT2D eigenvalue weighted by atomic mass is 9.84. The van der Waals surface area contributed by atoms with Crippen LogP contribution in [0.15, 0.2) is 47.4 Å². The van der Waals surface area contributed by atoms with Crippen LogP contribution in [0, 0.1) is 23.6 Å². The number of benzene rings is 2. The van der Waals surface area contributed by atoms with E-state index in [2.05, 4.69) is 60.8 Å². The van der Waals surface area contributed by atoms with Gasteiger partial charge in [0.1, 0.15) is 0 Å². The number of halogens is 3. The summed E-state index contributed by atoms with van der Waals surface area (Å²) < 4.78 is 54.4. The molecule has 3 saturated heterocycles. The largest absolute Gasteiger partial charge is 0.480 e. The number of pyridine rings is 1. The highest BCUT2D eigenvalue weighted by molar-refractivity contribution is 6.02. The fourth-order valence-electron chi connectivity index (χ4n) is 10.2. The molecule has 1 aliphatic carbocycles. The third-order valence-electron chi connectivity index (χ3n) is 14.0. The number of carbonyl (C=O) groups excluding carboxylic acids is 2. The summed E-state index contributed by atoms with van der Waals surface area (Å²) in [4.78, 5) is 51.2. The van der Waals surface area contributed by atoms with Crippen LogP contribution in [-0.2, 0) is 23.7 Å². The van der Waals surface area contributed by atoms with Gasteiger partial charge in [0.2, 0.25) is 23.5 Å². The molecule has 4 aliphatic heterocycles. The average Bonchev–Trinajstić information content (AvgIpc) is 4.06. The lowest BCUT2D eigenvalue weighted by molar-refractivity contribution is -0.134. The Hall–Kier alpha value is -5.71. The molecule has 0 spiro atoms. The highest BCUT2D eigenvalue weighted by Gasteiger charge is 2.51. The Morgan fingerprint density at radius 1 is 0.952 bits per heavy atom. The molecule has 0 radical (unpaired) electrons. The normalized spacial score (nSPS) is 24.6. The second-order valence-corrected chi connectivity index (χ2v) is 18.1. The summed E-state index contributed by atoms with van der Waals surface area (Å²) >= 11 is 0. The molecule has 3 aromatic heterocycles. The maximum absolute atomic E-state index is 15.3. The molecule has 1 saturated carbocycles. The maximum atomic E-state index is 15.3. The molecule has 4 atom stereocenters. The van der Waals surface area contributed by atoms with Crippen LogP contribution >= 0.6 is 0 Å². The van der Waals surface area contributed by atoms with Crippen LogP contribution in [0.3, 0.4) is 0 Å². The van der Waals surface area contributed by atoms with Gasteiger partial charge in [-0.15, -0.1) is 0 Å². The number of imide groups is 1. The van der Waals surface area contributed by atoms with E-state index in [0.29, 0.717) is 66.0 Å². The lowest BCUT2D eigenvalue weighted by Crippen LogP contribution is -2.45. The zero-order valence-electron chi connectivity index (χ0n) is 35.1. The molecule has 2 aromatic carbocycles. The number of fused-ring (bicyclic) bond motifs is 4. The van der Waals surface area contributed by atoms with E-state index in [9.17, 15) is 14.4 Å². The molecule has 0 bridgehead atoms. The topological polar surface area (TPSA) is 152 Å². The molecule has 326 valence electrons. The van der Waals surface area contributed by atoms with Crippen molar-refractivity contribution in [2.24, 2.45) is 31.8 Å². The Labute approximate surface area is 356 Å². The summed E-state index contributed by atoms with van der Waals surface area (Å²) in [6, 6.07) is 10.4. The molecule has 5 aromatic rings. The standard InChI is InChI=1S/C45H51F3N10O4/c1-24-21-58(17-14-28(24)22-57-15-12-25(13-16-57)27-6-8-30-35(18-27)56(3)54-37(30)31-9-11-36(59)51-42(31)60)44-49-20-33(46)41(53-44)50-29-7-10-34-32(19-29)38-39(43(61)55(34)2)62-23-45(47,48)40(52-38)26-4-5-26/h6-8,10,18-20,24-26,28,31,40,52H,4-5,9,11-17,21-23H2,1-3H3,(H,49,50,53)(H,51,59,60)/t24-,28-,31?,40-/m0/s1. The third-order valence-corrected chi connectivity index (χ3v) is 14.0. The SMILES string of the molecule is C[C@H]1CN(c2ncc(F)c(Nc3ccc4c(c3)c3c(c(=O)n4C)OCC(F)(F)[C@H](C4CC4)N3)n2)CC[C@H]1CN1CCC(c2ccc3c(C4CCC(=O)NC4=O)nn(C)c3c2)CC1. The number of hydrogen-bond acceptors (Lipinski definition) is 11. The van der Waals surface area contributed by atoms with Gasteiger partial charge in [0.05, 0.1) is 40.6 Å². The molecule has 3 N–H and O–H groups in total. The van der Waals surface area contributed by atoms with Gasteiger partial charge >= 0.3 is 5.92 Å². The third kappa shape index (κ3) is 7.41. The van der Waals surface area contributed by atoms with E-state index in [1.54, 1.807) is 25.2 Å². The van der Waals surface area contributed by atoms with E-state index in [0.717, 1.165) is 68.6 Å². The minimum atomic E-state index is -3.16. The van der Waals surface area contributed by atoms with Crippen molar-refractivity contribution >= 4 is 56.8 Å². The number of carbonyl (C=O) groups is 2. The van der Waals surface area contributed by atoms with Gasteiger partial charge in [-0.1, -0.05) is 19.1 Å². The Morgan fingerprint density at radius 3 is 2.52 bits per heavy atom. The van der Waals surface area contributed by atoms with Crippen LogP contribution in [-0.4, -0.2) is 92.3 Å². The molecule has 17 heteroatoms. The number of nitrogens with one attached hydrogen (secondary N) is 3. The number of ether oxygens (including phenoxy) is 1. The molecule has 5 aliphatic rings. The van der Waals surface area contributed by atoms with Crippen LogP contribution in [0.25, 0.3) is 21.8 Å². The molecule has 2 amide bonds. The lowest BCUT2D eigenvalue weighted by Gasteiger charge is -2.41. The number of anilines is 4. The highest BCUT2D eigenvalue weighted by atomic mass is 19.3. The van der Waals surface area contributed by atoms with Crippen molar-refractivity contribution in [2.75, 3.05) is 54.9 Å². The quantitative estimate of drug-likeness (QED) is 0.154. The average molecular weight is 853 g/mol. The van der Waals surface area contributed by atoms with Crippen LogP contribution in [0.4, 0.5) is 36.3 Å². The molecular formula is C45H51F3N10O4. The van der Waals surface area contributed by atoms with Gasteiger partial charge < -0.3 is 29.7 Å². The van der Waals surface area contributed by atoms with Crippen LogP contribution in [0.1, 0.15) is 75.0 Å². The number of aromatic nitrogens is 5. The minimum absolute atomic E-state index is 0.00759. The fraction of sp³-hybridized carbons (Fsp3) is 0.511. The summed E-state index contributed by atoms with van der Waals surface area (Å²) in [5, 5.41) is 14.7. The summed E-state index contributed by atoms with van der Waals surface area (Å²) in [6.07, 6.45) is 6.36. The Kier molecular flexibility index (Phi) is 10.1. The first-order chi connectivity index (χ1) is 29.8. The van der Waals surface area contributed by atoms with Gasteiger partial charge in [-0.2, -0.15) is 10.1 Å². The zero-order chi connectivity index (χ0) is 43.0. The Balaban J connectivity index is 0.777. The van der Waals surface area contributed by atoms with Gasteiger partial charge in [-0.05, 0) is 105 Å². The predicted octanol–water partition coefficient (Wildman–Crippen LogP) is 6.18. The van der Waals surface area contributed by atoms with Crippen molar-refractivity contribution in [3.05, 3.63) is 70.0 Å². The molecule has 62 heavy (non-hydrogen) atoms. The number of hydrogen-bond donors (Lipinski definition) is 3. The monoisotopic (exact) mass is 852 g/mol. The van der Waals surface area contributed by atoms with E-state index >= 15 is 13.2 Å². The van der Waals surface area contributed by atoms with Gasteiger partial charge in [0, 0.05) is 56.6 Å². The molecule has 1 unspecified atom stereocenters. The summed E-state index contributed by atoms with van der Waals surface area (Å²) in [7, 11) is 3.48. The number of piperidine rings is 3. The molecule has 4 fully saturated rings. The van der Waals surface area contributed by atoms with E-state index in [-0.39, 0.29) is 35.0 Å². The number of nitrogens with zero attached hydrogens (tertiary/aromatic N) is 7. The van der Waals surface area contributed by atoms with Gasteiger partial charge in [-0.3, -0.25) is 24.4 Å². The van der Waals surface area contributed by atoms with Crippen molar-refractivity contribution in [3.63, 3.8) is 0 Å². The maximum Gasteiger partial charge on any atom is 0.301 e. The number of amides is 2. The van der Waals surface area contributed by atoms with E-state index in [4.69, 9.17) is 9.84 Å². The van der Waals surface area contributed by atoms with E-state index < -0.39 is 35.9 Å². The van der Waals surface area contributed by atoms with Crippen LogP contribution in [0.5, 0.6) is 5.75 Å². The van der Waals surface area contributed by atoms with E-state index in [1.165, 1.54) is 16.3 Å². The van der Waals surface area contributed by atoms with Crippen LogP contribution < -0.4 is 31.1 Å². The summed E-state index contributed by atoms with van der Waals surface area (Å²) in [5.41, 5.74) is 3.72. The van der Waals surface area contributed by atoms with Crippen molar-refractivity contribution in [3.8, 4) is 5.75 Å². The number of alkyl halides is 2. The number of aryl methyl sites for hydroxylation is 2. The molecule has 14 nitrogen and oxygen atoms in total. The Morgan fingerprint density at radius 2 is 1.76 bits per heavy atom. The van der Waals surface area contributed by atoms with Crippen LogP contribution in [0.2, 0.25) is 0 Å². The van der Waals surface area contributed by atoms with Crippen molar-refractivity contribution in [1.29, 1.82) is 0 Å². The second-order valence-electron chi connectivity index (χ2n) is 18.1. The molecule has 7 heterocycles. The predicted molar refractivity (Wildman–Crippen MR) is 229 cm³/mol. The second kappa shape index (κ2) is 15.6. The number of likely N-dealkylation sites (tertiary alicyclic amines) is 1. The summed E-state index contributed by atoms with van der Waals surface area (Å²) in [6.45, 7) is 5.84. The van der Waals surface area contributed by atoms with Gasteiger partial charge in [0.15, 0.2) is 18.2 Å². The molecular weight excluding hydrogens is 802 g/mol. The van der Waals surface area contributed by atoms with Crippen molar-refractivity contribution < 1.29 is 27.5 Å². The first-order valence-electron chi connectivity index (χ1n) is 21.8. The number of rotatable bonds is 8. The first-order valence-corrected chi connectivity index (χ1v) is 21.8. The smallest absolute Gasteiger partial charge is 0.301 e. The van der Waals surface area contributed by atoms with Gasteiger partial charge in [-0.25, -0.2) is 18.2 Å². The van der Waals surface area contributed by atoms with E-state index in [1.807, 2.05) is 11.7 Å². The van der Waals surface area contributed by atoms with Gasteiger partial charge in [0.25, 0.3) is 5.56 Å². The zero-order valence-corrected chi connectivity index (χ0v) is 35.1. The van der Waals surface area contributed by atoms with Crippen molar-refractivity contribution in [2.45, 2.75) is 75.7 Å². The van der Waals surface area contributed by atoms with Crippen molar-refractivity contribution in [1.82, 2.24) is 34.5 Å². The molecule has 10 rings (SSSR count).